The number of carbonyl (C=O) groups is 1. The molecule has 0 aliphatic carbocycles. The number of fused-ring (bicyclic) bond motifs is 1. The van der Waals surface area contributed by atoms with Crippen molar-refractivity contribution in [1.82, 2.24) is 4.98 Å². The monoisotopic (exact) mass is 254 g/mol. The second-order valence-corrected chi connectivity index (χ2v) is 4.71. The van der Waals surface area contributed by atoms with Crippen LogP contribution in [0.1, 0.15) is 11.1 Å². The normalized spacial score (nSPS) is 13.5. The van der Waals surface area contributed by atoms with Gasteiger partial charge >= 0.3 is 0 Å². The van der Waals surface area contributed by atoms with Crippen LogP contribution in [0.15, 0.2) is 30.5 Å². The fourth-order valence-corrected chi connectivity index (χ4v) is 2.04. The second-order valence-electron chi connectivity index (χ2n) is 4.71. The van der Waals surface area contributed by atoms with Gasteiger partial charge in [-0.2, -0.15) is 0 Å². The molecule has 1 aromatic carbocycles. The Balaban J connectivity index is 2.02. The summed E-state index contributed by atoms with van der Waals surface area (Å²) in [6.45, 7) is 4.22. The maximum absolute atomic E-state index is 11.2. The molecular weight excluding hydrogens is 240 g/mol. The molecule has 0 saturated carbocycles. The Bertz CT molecular complexity index is 665. The van der Waals surface area contributed by atoms with E-state index in [4.69, 9.17) is 4.74 Å². The van der Waals surface area contributed by atoms with Gasteiger partial charge in [0.15, 0.2) is 18.2 Å². The van der Waals surface area contributed by atoms with Crippen molar-refractivity contribution in [1.29, 1.82) is 0 Å². The summed E-state index contributed by atoms with van der Waals surface area (Å²) in [6.07, 6.45) is 1.75. The van der Waals surface area contributed by atoms with Gasteiger partial charge in [0.25, 0.3) is 5.91 Å². The average Bonchev–Trinajstić information content (AvgIpc) is 2.41. The Kier molecular flexibility index (Phi) is 2.71. The van der Waals surface area contributed by atoms with Gasteiger partial charge in [-0.25, -0.2) is 4.98 Å². The molecule has 0 unspecified atom stereocenters. The van der Waals surface area contributed by atoms with Crippen molar-refractivity contribution in [3.8, 4) is 16.9 Å². The molecule has 1 aromatic heterocycles. The first-order valence-electron chi connectivity index (χ1n) is 6.14. The Hall–Kier alpha value is -2.36. The summed E-state index contributed by atoms with van der Waals surface area (Å²) in [5.41, 5.74) is 4.58. The maximum Gasteiger partial charge on any atom is 0.263 e. The minimum Gasteiger partial charge on any atom is -0.480 e. The third kappa shape index (κ3) is 2.17. The van der Waals surface area contributed by atoms with Crippen molar-refractivity contribution in [3.05, 3.63) is 41.6 Å². The van der Waals surface area contributed by atoms with E-state index in [0.29, 0.717) is 11.6 Å². The third-order valence-electron chi connectivity index (χ3n) is 3.31. The van der Waals surface area contributed by atoms with E-state index in [9.17, 15) is 4.79 Å². The summed E-state index contributed by atoms with van der Waals surface area (Å²) in [5, 5.41) is 2.68. The number of ether oxygens (including phenoxy) is 1. The number of rotatable bonds is 1. The zero-order chi connectivity index (χ0) is 13.4. The molecule has 4 nitrogen and oxygen atoms in total. The number of benzene rings is 1. The van der Waals surface area contributed by atoms with E-state index in [-0.39, 0.29) is 12.5 Å². The SMILES string of the molecule is Cc1ccc(-c2cnc3c(c2)OCC(=O)N3)cc1C. The zero-order valence-electron chi connectivity index (χ0n) is 10.9. The van der Waals surface area contributed by atoms with Crippen molar-refractivity contribution in [3.63, 3.8) is 0 Å². The summed E-state index contributed by atoms with van der Waals surface area (Å²) < 4.78 is 5.38. The summed E-state index contributed by atoms with van der Waals surface area (Å²) in [4.78, 5) is 15.4. The molecule has 3 rings (SSSR count). The number of nitrogens with one attached hydrogen (secondary N) is 1. The topological polar surface area (TPSA) is 51.2 Å². The third-order valence-corrected chi connectivity index (χ3v) is 3.31. The Labute approximate surface area is 111 Å². The molecule has 1 aliphatic rings. The second kappa shape index (κ2) is 4.39. The molecule has 0 fully saturated rings. The largest absolute Gasteiger partial charge is 0.480 e. The standard InChI is InChI=1S/C15H14N2O2/c1-9-3-4-11(5-10(9)2)12-6-13-15(16-7-12)17-14(18)8-19-13/h3-7H,8H2,1-2H3,(H,16,17,18). The predicted molar refractivity (Wildman–Crippen MR) is 73.3 cm³/mol. The van der Waals surface area contributed by atoms with E-state index in [2.05, 4.69) is 42.3 Å². The van der Waals surface area contributed by atoms with Crippen LogP contribution < -0.4 is 10.1 Å². The smallest absolute Gasteiger partial charge is 0.263 e. The lowest BCUT2D eigenvalue weighted by Gasteiger charge is -2.17. The van der Waals surface area contributed by atoms with Gasteiger partial charge in [0.1, 0.15) is 0 Å². The summed E-state index contributed by atoms with van der Waals surface area (Å²) in [7, 11) is 0. The van der Waals surface area contributed by atoms with Gasteiger partial charge in [0, 0.05) is 11.8 Å². The number of amides is 1. The fraction of sp³-hybridized carbons (Fsp3) is 0.200. The molecule has 0 radical (unpaired) electrons. The van der Waals surface area contributed by atoms with Crippen LogP contribution in [0.25, 0.3) is 11.1 Å². The first-order chi connectivity index (χ1) is 9.13. The summed E-state index contributed by atoms with van der Waals surface area (Å²) in [5.74, 6) is 0.943. The van der Waals surface area contributed by atoms with Crippen LogP contribution in [0, 0.1) is 13.8 Å². The van der Waals surface area contributed by atoms with E-state index in [0.717, 1.165) is 11.1 Å². The van der Waals surface area contributed by atoms with Crippen molar-refractivity contribution >= 4 is 11.7 Å². The van der Waals surface area contributed by atoms with Gasteiger partial charge in [-0.15, -0.1) is 0 Å². The molecule has 1 N–H and O–H groups in total. The summed E-state index contributed by atoms with van der Waals surface area (Å²) in [6, 6.07) is 8.19. The average molecular weight is 254 g/mol. The lowest BCUT2D eigenvalue weighted by Crippen LogP contribution is -2.26. The van der Waals surface area contributed by atoms with Gasteiger partial charge in [0.2, 0.25) is 0 Å². The zero-order valence-corrected chi connectivity index (χ0v) is 10.9. The number of hydrogen-bond acceptors (Lipinski definition) is 3. The number of carbonyl (C=O) groups excluding carboxylic acids is 1. The molecule has 0 bridgehead atoms. The van der Waals surface area contributed by atoms with Gasteiger partial charge in [-0.3, -0.25) is 4.79 Å². The molecule has 2 heterocycles. The van der Waals surface area contributed by atoms with E-state index in [1.54, 1.807) is 6.20 Å². The Morgan fingerprint density at radius 3 is 2.79 bits per heavy atom. The van der Waals surface area contributed by atoms with E-state index in [1.165, 1.54) is 11.1 Å². The molecular formula is C15H14N2O2. The van der Waals surface area contributed by atoms with E-state index >= 15 is 0 Å². The number of aryl methyl sites for hydroxylation is 2. The van der Waals surface area contributed by atoms with Crippen molar-refractivity contribution in [2.75, 3.05) is 11.9 Å². The minimum absolute atomic E-state index is 0.0467. The van der Waals surface area contributed by atoms with Crippen LogP contribution in [0.2, 0.25) is 0 Å². The number of pyridine rings is 1. The molecule has 2 aromatic rings. The Morgan fingerprint density at radius 2 is 2.00 bits per heavy atom. The number of aromatic nitrogens is 1. The molecule has 0 saturated heterocycles. The van der Waals surface area contributed by atoms with Gasteiger partial charge in [-0.1, -0.05) is 18.2 Å². The van der Waals surface area contributed by atoms with Gasteiger partial charge in [0.05, 0.1) is 0 Å². The number of anilines is 1. The highest BCUT2D eigenvalue weighted by Crippen LogP contribution is 2.31. The molecule has 1 aliphatic heterocycles. The van der Waals surface area contributed by atoms with Crippen molar-refractivity contribution < 1.29 is 9.53 Å². The molecule has 0 spiro atoms. The lowest BCUT2D eigenvalue weighted by atomic mass is 10.0. The van der Waals surface area contributed by atoms with Crippen LogP contribution in [0.4, 0.5) is 5.82 Å². The molecule has 0 atom stereocenters. The highest BCUT2D eigenvalue weighted by atomic mass is 16.5. The predicted octanol–water partition coefficient (Wildman–Crippen LogP) is 2.70. The van der Waals surface area contributed by atoms with E-state index in [1.807, 2.05) is 6.07 Å². The maximum atomic E-state index is 11.2. The first kappa shape index (κ1) is 11.7. The quantitative estimate of drug-likeness (QED) is 0.851. The van der Waals surface area contributed by atoms with Crippen LogP contribution >= 0.6 is 0 Å². The van der Waals surface area contributed by atoms with Crippen molar-refractivity contribution in [2.24, 2.45) is 0 Å². The van der Waals surface area contributed by atoms with Crippen LogP contribution in [-0.2, 0) is 4.79 Å². The van der Waals surface area contributed by atoms with Crippen LogP contribution in [0.5, 0.6) is 5.75 Å². The molecule has 1 amide bonds. The van der Waals surface area contributed by atoms with E-state index < -0.39 is 0 Å². The highest BCUT2D eigenvalue weighted by molar-refractivity contribution is 5.94. The molecule has 96 valence electrons. The Morgan fingerprint density at radius 1 is 1.16 bits per heavy atom. The van der Waals surface area contributed by atoms with Crippen molar-refractivity contribution in [2.45, 2.75) is 13.8 Å². The first-order valence-corrected chi connectivity index (χ1v) is 6.14. The van der Waals surface area contributed by atoms with Gasteiger partial charge < -0.3 is 10.1 Å². The van der Waals surface area contributed by atoms with Crippen LogP contribution in [0.3, 0.4) is 0 Å². The summed E-state index contributed by atoms with van der Waals surface area (Å²) >= 11 is 0. The lowest BCUT2D eigenvalue weighted by molar-refractivity contribution is -0.118. The number of nitrogens with zero attached hydrogens (tertiary/aromatic N) is 1. The fourth-order valence-electron chi connectivity index (χ4n) is 2.04. The van der Waals surface area contributed by atoms with Crippen LogP contribution in [-0.4, -0.2) is 17.5 Å². The highest BCUT2D eigenvalue weighted by Gasteiger charge is 2.17. The number of hydrogen-bond donors (Lipinski definition) is 1. The van der Waals surface area contributed by atoms with Gasteiger partial charge in [-0.05, 0) is 36.6 Å². The molecule has 4 heteroatoms. The molecule has 19 heavy (non-hydrogen) atoms. The minimum atomic E-state index is -0.168.